The molecule has 0 radical (unpaired) electrons. The van der Waals surface area contributed by atoms with Gasteiger partial charge in [-0.25, -0.2) is 0 Å². The predicted molar refractivity (Wildman–Crippen MR) is 84.6 cm³/mol. The van der Waals surface area contributed by atoms with Crippen molar-refractivity contribution in [3.8, 4) is 0 Å². The van der Waals surface area contributed by atoms with Crippen LogP contribution in [0.4, 0.5) is 0 Å². The number of aromatic nitrogens is 1. The van der Waals surface area contributed by atoms with Gasteiger partial charge in [-0.2, -0.15) is 0 Å². The van der Waals surface area contributed by atoms with Gasteiger partial charge >= 0.3 is 0 Å². The molecule has 0 fully saturated rings. The zero-order valence-corrected chi connectivity index (χ0v) is 13.3. The zero-order valence-electron chi connectivity index (χ0n) is 13.3. The summed E-state index contributed by atoms with van der Waals surface area (Å²) in [4.78, 5) is 0. The van der Waals surface area contributed by atoms with Gasteiger partial charge in [-0.05, 0) is 31.5 Å². The Bertz CT molecular complexity index is 342. The maximum Gasteiger partial charge on any atom is 0.0701 e. The molecular weight excluding hydrogens is 268 g/mol. The number of hydrogen-bond acceptors (Lipinski definition) is 4. The molecule has 0 saturated heterocycles. The van der Waals surface area contributed by atoms with E-state index in [1.54, 1.807) is 0 Å². The minimum atomic E-state index is 0.623. The second-order valence-electron chi connectivity index (χ2n) is 4.92. The normalized spacial score (nSPS) is 11.1. The highest BCUT2D eigenvalue weighted by atomic mass is 16.5. The van der Waals surface area contributed by atoms with Crippen LogP contribution in [0.15, 0.2) is 18.3 Å². The van der Waals surface area contributed by atoms with E-state index < -0.39 is 0 Å². The molecule has 5 nitrogen and oxygen atoms in total. The molecule has 0 amide bonds. The lowest BCUT2D eigenvalue weighted by atomic mass is 10.3. The molecule has 0 aliphatic carbocycles. The molecule has 1 aromatic heterocycles. The Morgan fingerprint density at radius 3 is 2.33 bits per heavy atom. The average molecular weight is 298 g/mol. The molecule has 0 aromatic carbocycles. The minimum Gasteiger partial charge on any atom is -0.379 e. The van der Waals surface area contributed by atoms with Crippen molar-refractivity contribution in [3.63, 3.8) is 0 Å². The molecule has 0 bridgehead atoms. The molecule has 0 unspecified atom stereocenters. The molecule has 1 heterocycles. The van der Waals surface area contributed by atoms with E-state index in [2.05, 4.69) is 23.8 Å². The summed E-state index contributed by atoms with van der Waals surface area (Å²) in [5, 5.41) is 0. The van der Waals surface area contributed by atoms with E-state index in [9.17, 15) is 0 Å². The standard InChI is InChI=1S/C16H30N2O3/c1-2-3-10-19-12-14-21-15-13-20-11-9-18-8-4-5-16(18)6-7-17/h4-5,8H,2-3,6-7,9-15,17H2,1H3. The molecule has 1 aromatic rings. The van der Waals surface area contributed by atoms with Crippen molar-refractivity contribution >= 4 is 0 Å². The first kappa shape index (κ1) is 18.2. The third-order valence-corrected chi connectivity index (χ3v) is 3.19. The third kappa shape index (κ3) is 8.88. The summed E-state index contributed by atoms with van der Waals surface area (Å²) in [5.74, 6) is 0. The van der Waals surface area contributed by atoms with Gasteiger partial charge in [-0.1, -0.05) is 13.3 Å². The summed E-state index contributed by atoms with van der Waals surface area (Å²) >= 11 is 0. The first-order valence-corrected chi connectivity index (χ1v) is 7.95. The Morgan fingerprint density at radius 2 is 1.67 bits per heavy atom. The molecule has 0 aliphatic rings. The highest BCUT2D eigenvalue weighted by Gasteiger charge is 1.99. The minimum absolute atomic E-state index is 0.623. The van der Waals surface area contributed by atoms with Crippen molar-refractivity contribution in [1.82, 2.24) is 4.57 Å². The van der Waals surface area contributed by atoms with Gasteiger partial charge in [0, 0.05) is 25.0 Å². The lowest BCUT2D eigenvalue weighted by Crippen LogP contribution is -2.14. The first-order chi connectivity index (χ1) is 10.4. The molecule has 0 aliphatic heterocycles. The highest BCUT2D eigenvalue weighted by molar-refractivity contribution is 5.07. The molecule has 2 N–H and O–H groups in total. The average Bonchev–Trinajstić information content (AvgIpc) is 2.92. The van der Waals surface area contributed by atoms with Gasteiger partial charge in [-0.15, -0.1) is 0 Å². The van der Waals surface area contributed by atoms with E-state index in [-0.39, 0.29) is 0 Å². The zero-order chi connectivity index (χ0) is 15.2. The van der Waals surface area contributed by atoms with E-state index >= 15 is 0 Å². The van der Waals surface area contributed by atoms with Crippen LogP contribution in [0, 0.1) is 0 Å². The Labute approximate surface area is 128 Å². The Morgan fingerprint density at radius 1 is 1.00 bits per heavy atom. The van der Waals surface area contributed by atoms with Gasteiger partial charge < -0.3 is 24.5 Å². The summed E-state index contributed by atoms with van der Waals surface area (Å²) in [7, 11) is 0. The smallest absolute Gasteiger partial charge is 0.0701 e. The van der Waals surface area contributed by atoms with Gasteiger partial charge in [0.2, 0.25) is 0 Å². The fourth-order valence-corrected chi connectivity index (χ4v) is 1.99. The largest absolute Gasteiger partial charge is 0.379 e. The fourth-order valence-electron chi connectivity index (χ4n) is 1.99. The third-order valence-electron chi connectivity index (χ3n) is 3.19. The van der Waals surface area contributed by atoms with E-state index in [0.717, 1.165) is 26.0 Å². The van der Waals surface area contributed by atoms with Gasteiger partial charge in [0.1, 0.15) is 0 Å². The SMILES string of the molecule is CCCCOCCOCCOCCn1cccc1CCN. The maximum absolute atomic E-state index is 5.58. The number of hydrogen-bond donors (Lipinski definition) is 1. The lowest BCUT2D eigenvalue weighted by molar-refractivity contribution is 0.0127. The molecule has 21 heavy (non-hydrogen) atoms. The van der Waals surface area contributed by atoms with Crippen LogP contribution in [0.5, 0.6) is 0 Å². The fraction of sp³-hybridized carbons (Fsp3) is 0.750. The summed E-state index contributed by atoms with van der Waals surface area (Å²) in [6.07, 6.45) is 5.27. The van der Waals surface area contributed by atoms with Crippen LogP contribution < -0.4 is 5.73 Å². The monoisotopic (exact) mass is 298 g/mol. The van der Waals surface area contributed by atoms with Gasteiger partial charge in [0.15, 0.2) is 0 Å². The van der Waals surface area contributed by atoms with Gasteiger partial charge in [0.05, 0.1) is 33.0 Å². The molecule has 122 valence electrons. The molecule has 1 rings (SSSR count). The predicted octanol–water partition coefficient (Wildman–Crippen LogP) is 1.84. The van der Waals surface area contributed by atoms with E-state index in [1.165, 1.54) is 12.1 Å². The quantitative estimate of drug-likeness (QED) is 0.532. The van der Waals surface area contributed by atoms with Crippen molar-refractivity contribution in [3.05, 3.63) is 24.0 Å². The number of rotatable bonds is 14. The summed E-state index contributed by atoms with van der Waals surface area (Å²) < 4.78 is 18.6. The van der Waals surface area contributed by atoms with Crippen LogP contribution in [-0.4, -0.2) is 50.8 Å². The number of nitrogens with two attached hydrogens (primary N) is 1. The molecular formula is C16H30N2O3. The molecule has 0 atom stereocenters. The van der Waals surface area contributed by atoms with Crippen molar-refractivity contribution in [1.29, 1.82) is 0 Å². The second-order valence-corrected chi connectivity index (χ2v) is 4.92. The van der Waals surface area contributed by atoms with E-state index in [1.807, 2.05) is 6.07 Å². The highest BCUT2D eigenvalue weighted by Crippen LogP contribution is 2.02. The summed E-state index contributed by atoms with van der Waals surface area (Å²) in [6, 6.07) is 4.15. The molecule has 0 spiro atoms. The van der Waals surface area contributed by atoms with Crippen molar-refractivity contribution in [2.45, 2.75) is 32.7 Å². The van der Waals surface area contributed by atoms with Crippen LogP contribution in [0.2, 0.25) is 0 Å². The van der Waals surface area contributed by atoms with Crippen molar-refractivity contribution < 1.29 is 14.2 Å². The molecule has 5 heteroatoms. The number of ether oxygens (including phenoxy) is 3. The second kappa shape index (κ2) is 12.8. The Hall–Kier alpha value is -0.880. The van der Waals surface area contributed by atoms with Crippen molar-refractivity contribution in [2.75, 3.05) is 46.2 Å². The summed E-state index contributed by atoms with van der Waals surface area (Å²) in [5.41, 5.74) is 6.84. The lowest BCUT2D eigenvalue weighted by Gasteiger charge is -2.09. The van der Waals surface area contributed by atoms with Crippen LogP contribution >= 0.6 is 0 Å². The van der Waals surface area contributed by atoms with Crippen LogP contribution in [-0.2, 0) is 27.2 Å². The summed E-state index contributed by atoms with van der Waals surface area (Å²) in [6.45, 7) is 7.80. The van der Waals surface area contributed by atoms with E-state index in [0.29, 0.717) is 39.6 Å². The van der Waals surface area contributed by atoms with E-state index in [4.69, 9.17) is 19.9 Å². The van der Waals surface area contributed by atoms with Gasteiger partial charge in [-0.3, -0.25) is 0 Å². The van der Waals surface area contributed by atoms with Crippen LogP contribution in [0.1, 0.15) is 25.5 Å². The maximum atomic E-state index is 5.58. The topological polar surface area (TPSA) is 58.6 Å². The Balaban J connectivity index is 1.89. The molecule has 0 saturated carbocycles. The van der Waals surface area contributed by atoms with Gasteiger partial charge in [0.25, 0.3) is 0 Å². The number of nitrogens with zero attached hydrogens (tertiary/aromatic N) is 1. The number of unbranched alkanes of at least 4 members (excludes halogenated alkanes) is 1. The van der Waals surface area contributed by atoms with Crippen molar-refractivity contribution in [2.24, 2.45) is 5.73 Å². The first-order valence-electron chi connectivity index (χ1n) is 7.95. The Kier molecular flexibility index (Phi) is 11.1. The van der Waals surface area contributed by atoms with Crippen LogP contribution in [0.3, 0.4) is 0 Å². The van der Waals surface area contributed by atoms with Crippen LogP contribution in [0.25, 0.3) is 0 Å².